The quantitative estimate of drug-likeness (QED) is 0.189. The Balaban J connectivity index is 0.000000712. The molecular formula is C39H29N5S. The molecule has 0 saturated heterocycles. The second-order valence-electron chi connectivity index (χ2n) is 10.9. The van der Waals surface area contributed by atoms with Crippen molar-refractivity contribution in [3.8, 4) is 5.82 Å². The van der Waals surface area contributed by atoms with Gasteiger partial charge in [-0.25, -0.2) is 4.98 Å². The Morgan fingerprint density at radius 3 is 2.47 bits per heavy atom. The van der Waals surface area contributed by atoms with Gasteiger partial charge in [0.05, 0.1) is 34.0 Å². The minimum Gasteiger partial charge on any atom is -0.332 e. The maximum absolute atomic E-state index is 5.30. The number of thiophene rings is 1. The number of rotatable bonds is 4. The van der Waals surface area contributed by atoms with Crippen molar-refractivity contribution >= 4 is 64.8 Å². The maximum atomic E-state index is 5.30. The number of benzene rings is 3. The van der Waals surface area contributed by atoms with Crippen LogP contribution in [-0.4, -0.2) is 26.3 Å². The van der Waals surface area contributed by atoms with Crippen LogP contribution in [0.5, 0.6) is 0 Å². The van der Waals surface area contributed by atoms with E-state index in [0.29, 0.717) is 0 Å². The zero-order valence-corrected chi connectivity index (χ0v) is 25.3. The predicted molar refractivity (Wildman–Crippen MR) is 191 cm³/mol. The Kier molecular flexibility index (Phi) is 6.69. The summed E-state index contributed by atoms with van der Waals surface area (Å²) in [6.45, 7) is 6.72. The van der Waals surface area contributed by atoms with Gasteiger partial charge in [-0.15, -0.1) is 11.3 Å². The maximum Gasteiger partial charge on any atom is 0.165 e. The van der Waals surface area contributed by atoms with Crippen molar-refractivity contribution in [2.75, 3.05) is 4.90 Å². The number of para-hydroxylation sites is 1. The first kappa shape index (κ1) is 27.0. The molecule has 0 spiro atoms. The van der Waals surface area contributed by atoms with Crippen molar-refractivity contribution in [3.05, 3.63) is 159 Å². The van der Waals surface area contributed by atoms with Gasteiger partial charge in [0.15, 0.2) is 6.17 Å². The van der Waals surface area contributed by atoms with Gasteiger partial charge in [-0.3, -0.25) is 14.5 Å². The van der Waals surface area contributed by atoms with E-state index < -0.39 is 0 Å². The summed E-state index contributed by atoms with van der Waals surface area (Å²) < 4.78 is 4.81. The summed E-state index contributed by atoms with van der Waals surface area (Å²) in [5.74, 6) is 0.866. The molecule has 3 aromatic carbocycles. The normalized spacial score (nSPS) is 17.0. The van der Waals surface area contributed by atoms with Gasteiger partial charge in [0, 0.05) is 37.4 Å². The van der Waals surface area contributed by atoms with Gasteiger partial charge in [0.1, 0.15) is 5.82 Å². The lowest BCUT2D eigenvalue weighted by Gasteiger charge is -2.30. The van der Waals surface area contributed by atoms with Gasteiger partial charge in [-0.05, 0) is 54.6 Å². The van der Waals surface area contributed by atoms with Crippen LogP contribution in [0.25, 0.3) is 47.9 Å². The third kappa shape index (κ3) is 4.41. The molecule has 0 N–H and O–H groups in total. The third-order valence-corrected chi connectivity index (χ3v) is 9.51. The molecule has 1 aliphatic carbocycles. The Hall–Kier alpha value is -5.59. The Morgan fingerprint density at radius 1 is 0.756 bits per heavy atom. The Bertz CT molecular complexity index is 2330. The molecule has 2 aliphatic rings. The SMILES string of the molecule is C1=CC2=NC(c3cccc(-n4c5cccnc5c5c6sc7ccccc7c6ccc54)n3)N(c3ccccc3)C2C=C1.C=CC=C. The fourth-order valence-electron chi connectivity index (χ4n) is 6.39. The molecule has 0 amide bonds. The van der Waals surface area contributed by atoms with Crippen LogP contribution in [0.3, 0.4) is 0 Å². The summed E-state index contributed by atoms with van der Waals surface area (Å²) in [6.07, 6.45) is 13.4. The van der Waals surface area contributed by atoms with Gasteiger partial charge in [0.2, 0.25) is 0 Å². The van der Waals surface area contributed by atoms with Crippen LogP contribution < -0.4 is 4.90 Å². The second-order valence-corrected chi connectivity index (χ2v) is 11.9. The van der Waals surface area contributed by atoms with Crippen molar-refractivity contribution in [1.29, 1.82) is 0 Å². The van der Waals surface area contributed by atoms with Crippen molar-refractivity contribution in [2.45, 2.75) is 12.2 Å². The van der Waals surface area contributed by atoms with Gasteiger partial charge >= 0.3 is 0 Å². The fraction of sp³-hybridized carbons (Fsp3) is 0.0513. The van der Waals surface area contributed by atoms with E-state index in [2.05, 4.69) is 138 Å². The molecule has 2 unspecified atom stereocenters. The first-order valence-corrected chi connectivity index (χ1v) is 15.7. The monoisotopic (exact) mass is 599 g/mol. The van der Waals surface area contributed by atoms with Crippen molar-refractivity contribution in [1.82, 2.24) is 14.5 Å². The first-order valence-electron chi connectivity index (χ1n) is 14.9. The smallest absolute Gasteiger partial charge is 0.165 e. The standard InChI is InChI=1S/C35H23N5S.C4H6/c1-2-10-22(11-3-1)39-27-15-6-5-13-25(27)38-35(39)26-14-8-18-31(37-26)40-28-20-19-24-23-12-4-7-17-30(23)41-34(24)32(28)33-29(40)16-9-21-36-33;1-3-4-2/h1-21,27,35H;3-4H,1-2H2. The highest BCUT2D eigenvalue weighted by molar-refractivity contribution is 7.26. The van der Waals surface area contributed by atoms with Crippen LogP contribution in [0.4, 0.5) is 5.69 Å². The van der Waals surface area contributed by atoms with Crippen molar-refractivity contribution < 1.29 is 0 Å². The van der Waals surface area contributed by atoms with Crippen molar-refractivity contribution in [2.24, 2.45) is 4.99 Å². The number of hydrogen-bond acceptors (Lipinski definition) is 5. The van der Waals surface area contributed by atoms with E-state index in [1.54, 1.807) is 12.2 Å². The Labute approximate surface area is 265 Å². The summed E-state index contributed by atoms with van der Waals surface area (Å²) in [7, 11) is 0. The highest BCUT2D eigenvalue weighted by Crippen LogP contribution is 2.43. The van der Waals surface area contributed by atoms with Crippen LogP contribution in [0.15, 0.2) is 158 Å². The number of nitrogens with zero attached hydrogens (tertiary/aromatic N) is 5. The number of allylic oxidation sites excluding steroid dienone is 4. The minimum atomic E-state index is -0.231. The largest absolute Gasteiger partial charge is 0.332 e. The van der Waals surface area contributed by atoms with Crippen LogP contribution in [0.2, 0.25) is 0 Å². The van der Waals surface area contributed by atoms with E-state index in [1.807, 2.05) is 23.6 Å². The lowest BCUT2D eigenvalue weighted by atomic mass is 10.1. The average molecular weight is 600 g/mol. The van der Waals surface area contributed by atoms with Crippen LogP contribution in [0, 0.1) is 0 Å². The van der Waals surface area contributed by atoms with Crippen LogP contribution >= 0.6 is 11.3 Å². The molecule has 5 nitrogen and oxygen atoms in total. The first-order chi connectivity index (χ1) is 22.3. The Morgan fingerprint density at radius 2 is 1.60 bits per heavy atom. The molecule has 9 rings (SSSR count). The molecule has 5 heterocycles. The molecule has 0 saturated carbocycles. The van der Waals surface area contributed by atoms with Gasteiger partial charge in [-0.2, -0.15) is 0 Å². The zero-order chi connectivity index (χ0) is 30.3. The molecule has 0 bridgehead atoms. The molecule has 0 fully saturated rings. The van der Waals surface area contributed by atoms with E-state index in [0.717, 1.165) is 39.5 Å². The van der Waals surface area contributed by atoms with E-state index >= 15 is 0 Å². The van der Waals surface area contributed by atoms with Gasteiger partial charge < -0.3 is 4.90 Å². The topological polar surface area (TPSA) is 46.3 Å². The molecule has 45 heavy (non-hydrogen) atoms. The van der Waals surface area contributed by atoms with E-state index in [4.69, 9.17) is 15.0 Å². The average Bonchev–Trinajstić information content (AvgIpc) is 3.78. The molecule has 7 aromatic rings. The van der Waals surface area contributed by atoms with Crippen molar-refractivity contribution in [3.63, 3.8) is 0 Å². The summed E-state index contributed by atoms with van der Waals surface area (Å²) >= 11 is 1.84. The zero-order valence-electron chi connectivity index (χ0n) is 24.5. The number of aromatic nitrogens is 3. The van der Waals surface area contributed by atoms with Crippen LogP contribution in [-0.2, 0) is 0 Å². The molecular weight excluding hydrogens is 571 g/mol. The third-order valence-electron chi connectivity index (χ3n) is 8.31. The fourth-order valence-corrected chi connectivity index (χ4v) is 7.64. The summed E-state index contributed by atoms with van der Waals surface area (Å²) in [6, 6.07) is 34.1. The lowest BCUT2D eigenvalue weighted by molar-refractivity contribution is 0.673. The molecule has 1 aliphatic heterocycles. The highest BCUT2D eigenvalue weighted by atomic mass is 32.1. The molecule has 4 aromatic heterocycles. The number of hydrogen-bond donors (Lipinski definition) is 0. The molecule has 0 radical (unpaired) electrons. The van der Waals surface area contributed by atoms with E-state index in [9.17, 15) is 0 Å². The molecule has 216 valence electrons. The number of pyridine rings is 2. The van der Waals surface area contributed by atoms with Gasteiger partial charge in [-0.1, -0.05) is 92.1 Å². The van der Waals surface area contributed by atoms with E-state index in [1.165, 1.54) is 25.6 Å². The highest BCUT2D eigenvalue weighted by Gasteiger charge is 2.36. The summed E-state index contributed by atoms with van der Waals surface area (Å²) in [5, 5.41) is 3.74. The molecule has 6 heteroatoms. The van der Waals surface area contributed by atoms with Gasteiger partial charge in [0.25, 0.3) is 0 Å². The lowest BCUT2D eigenvalue weighted by Crippen LogP contribution is -2.36. The molecule has 2 atom stereocenters. The predicted octanol–water partition coefficient (Wildman–Crippen LogP) is 9.75. The van der Waals surface area contributed by atoms with E-state index in [-0.39, 0.29) is 12.2 Å². The summed E-state index contributed by atoms with van der Waals surface area (Å²) in [4.78, 5) is 17.7. The van der Waals surface area contributed by atoms with Crippen LogP contribution in [0.1, 0.15) is 11.9 Å². The minimum absolute atomic E-state index is 0.0801. The number of aliphatic imine (C=N–C) groups is 1. The number of fused-ring (bicyclic) bond motifs is 8. The number of anilines is 1. The summed E-state index contributed by atoms with van der Waals surface area (Å²) in [5.41, 5.74) is 6.26. The second kappa shape index (κ2) is 11.2.